The molecule has 0 aliphatic carbocycles. The van der Waals surface area contributed by atoms with Crippen LogP contribution in [0.3, 0.4) is 0 Å². The minimum atomic E-state index is 0. The van der Waals surface area contributed by atoms with Crippen molar-refractivity contribution in [1.82, 2.24) is 4.57 Å². The summed E-state index contributed by atoms with van der Waals surface area (Å²) in [5, 5.41) is 0. The largest absolute Gasteiger partial charge is 1.00 e. The van der Waals surface area contributed by atoms with Crippen molar-refractivity contribution in [2.75, 3.05) is 0 Å². The second kappa shape index (κ2) is 5.69. The smallest absolute Gasteiger partial charge is 0.254 e. The lowest BCUT2D eigenvalue weighted by atomic mass is 9.90. The number of ether oxygens (including phenoxy) is 1. The molecule has 1 unspecified atom stereocenters. The SMILES string of the molecule is Cc1n(COC(C)C(C)(C)C)cc[n+]1C.[Cl-]. The van der Waals surface area contributed by atoms with Gasteiger partial charge in [-0.2, -0.15) is 0 Å². The second-order valence-corrected chi connectivity index (χ2v) is 5.23. The van der Waals surface area contributed by atoms with E-state index in [-0.39, 0.29) is 23.9 Å². The molecule has 0 aliphatic heterocycles. The number of aryl methyl sites for hydroxylation is 1. The Balaban J connectivity index is 0.00000225. The molecule has 94 valence electrons. The summed E-state index contributed by atoms with van der Waals surface area (Å²) in [6, 6.07) is 0. The number of hydrogen-bond acceptors (Lipinski definition) is 1. The first-order valence-corrected chi connectivity index (χ1v) is 5.45. The average molecular weight is 247 g/mol. The number of nitrogens with zero attached hydrogens (tertiary/aromatic N) is 2. The Bertz CT molecular complexity index is 328. The monoisotopic (exact) mass is 246 g/mol. The second-order valence-electron chi connectivity index (χ2n) is 5.23. The van der Waals surface area contributed by atoms with E-state index in [1.54, 1.807) is 0 Å². The minimum absolute atomic E-state index is 0. The zero-order chi connectivity index (χ0) is 11.6. The van der Waals surface area contributed by atoms with Crippen LogP contribution in [0.2, 0.25) is 0 Å². The fourth-order valence-corrected chi connectivity index (χ4v) is 1.18. The van der Waals surface area contributed by atoms with Crippen LogP contribution in [-0.4, -0.2) is 10.7 Å². The minimum Gasteiger partial charge on any atom is -1.00 e. The fraction of sp³-hybridized carbons (Fsp3) is 0.750. The molecule has 0 bridgehead atoms. The molecule has 3 nitrogen and oxygen atoms in total. The molecule has 1 atom stereocenters. The molecule has 0 spiro atoms. The van der Waals surface area contributed by atoms with Crippen molar-refractivity contribution < 1.29 is 21.7 Å². The molecule has 4 heteroatoms. The van der Waals surface area contributed by atoms with Crippen molar-refractivity contribution >= 4 is 0 Å². The Kier molecular flexibility index (Phi) is 5.50. The molecular formula is C12H23ClN2O. The van der Waals surface area contributed by atoms with Crippen LogP contribution in [0.15, 0.2) is 12.4 Å². The van der Waals surface area contributed by atoms with Crippen molar-refractivity contribution in [2.24, 2.45) is 12.5 Å². The third-order valence-electron chi connectivity index (χ3n) is 3.08. The molecule has 1 heterocycles. The fourth-order valence-electron chi connectivity index (χ4n) is 1.18. The van der Waals surface area contributed by atoms with Crippen LogP contribution >= 0.6 is 0 Å². The van der Waals surface area contributed by atoms with Crippen LogP contribution in [-0.2, 0) is 18.5 Å². The number of rotatable bonds is 3. The van der Waals surface area contributed by atoms with Gasteiger partial charge in [-0.25, -0.2) is 9.13 Å². The van der Waals surface area contributed by atoms with Crippen LogP contribution in [0.1, 0.15) is 33.5 Å². The highest BCUT2D eigenvalue weighted by Gasteiger charge is 2.21. The van der Waals surface area contributed by atoms with Crippen molar-refractivity contribution in [1.29, 1.82) is 0 Å². The summed E-state index contributed by atoms with van der Waals surface area (Å²) < 4.78 is 10.0. The van der Waals surface area contributed by atoms with Gasteiger partial charge in [0.05, 0.1) is 13.2 Å². The molecule has 0 aliphatic rings. The van der Waals surface area contributed by atoms with E-state index in [1.165, 1.54) is 5.82 Å². The third kappa shape index (κ3) is 3.80. The third-order valence-corrected chi connectivity index (χ3v) is 3.08. The molecule has 0 radical (unpaired) electrons. The molecule has 1 aromatic rings. The van der Waals surface area contributed by atoms with Gasteiger partial charge in [0.2, 0.25) is 0 Å². The number of hydrogen-bond donors (Lipinski definition) is 0. The predicted molar refractivity (Wildman–Crippen MR) is 60.3 cm³/mol. The van der Waals surface area contributed by atoms with Gasteiger partial charge in [-0.15, -0.1) is 0 Å². The van der Waals surface area contributed by atoms with Crippen LogP contribution in [0.4, 0.5) is 0 Å². The summed E-state index contributed by atoms with van der Waals surface area (Å²) in [4.78, 5) is 0. The predicted octanol–water partition coefficient (Wildman–Crippen LogP) is -0.966. The van der Waals surface area contributed by atoms with E-state index in [9.17, 15) is 0 Å². The van der Waals surface area contributed by atoms with Gasteiger partial charge < -0.3 is 17.1 Å². The van der Waals surface area contributed by atoms with E-state index in [1.807, 2.05) is 19.4 Å². The normalized spacial score (nSPS) is 13.4. The maximum absolute atomic E-state index is 5.84. The lowest BCUT2D eigenvalue weighted by Gasteiger charge is -2.26. The molecule has 0 amide bonds. The Morgan fingerprint density at radius 2 is 2.00 bits per heavy atom. The van der Waals surface area contributed by atoms with Crippen LogP contribution in [0.5, 0.6) is 0 Å². The average Bonchev–Trinajstić information content (AvgIpc) is 2.43. The van der Waals surface area contributed by atoms with Crippen molar-refractivity contribution in [2.45, 2.75) is 47.5 Å². The van der Waals surface area contributed by atoms with Gasteiger partial charge >= 0.3 is 0 Å². The highest BCUT2D eigenvalue weighted by molar-refractivity contribution is 4.78. The maximum atomic E-state index is 5.84. The first-order chi connectivity index (χ1) is 6.82. The summed E-state index contributed by atoms with van der Waals surface area (Å²) in [5.41, 5.74) is 0.198. The van der Waals surface area contributed by atoms with Gasteiger partial charge in [-0.3, -0.25) is 0 Å². The molecule has 0 saturated carbocycles. The lowest BCUT2D eigenvalue weighted by Crippen LogP contribution is -3.00. The van der Waals surface area contributed by atoms with Gasteiger partial charge in [0.15, 0.2) is 6.73 Å². The van der Waals surface area contributed by atoms with Crippen LogP contribution in [0.25, 0.3) is 0 Å². The molecule has 0 aromatic carbocycles. The quantitative estimate of drug-likeness (QED) is 0.628. The number of halogens is 1. The highest BCUT2D eigenvalue weighted by Crippen LogP contribution is 2.21. The van der Waals surface area contributed by atoms with Crippen molar-refractivity contribution in [3.63, 3.8) is 0 Å². The summed E-state index contributed by atoms with van der Waals surface area (Å²) in [5.74, 6) is 1.20. The van der Waals surface area contributed by atoms with E-state index in [2.05, 4.69) is 43.8 Å². The standard InChI is InChI=1S/C12H23N2O.ClH/c1-10(12(3,4)5)15-9-14-8-7-13(6)11(14)2;/h7-8,10H,9H2,1-6H3;1H/q+1;/p-1. The zero-order valence-corrected chi connectivity index (χ0v) is 11.9. The molecular weight excluding hydrogens is 224 g/mol. The summed E-state index contributed by atoms with van der Waals surface area (Å²) >= 11 is 0. The summed E-state index contributed by atoms with van der Waals surface area (Å²) in [6.07, 6.45) is 4.34. The van der Waals surface area contributed by atoms with Gasteiger partial charge in [0.25, 0.3) is 5.82 Å². The van der Waals surface area contributed by atoms with Crippen molar-refractivity contribution in [3.8, 4) is 0 Å². The lowest BCUT2D eigenvalue weighted by molar-refractivity contribution is -0.677. The summed E-state index contributed by atoms with van der Waals surface area (Å²) in [7, 11) is 2.04. The van der Waals surface area contributed by atoms with E-state index in [0.29, 0.717) is 6.73 Å². The Hall–Kier alpha value is -0.540. The molecule has 0 saturated heterocycles. The van der Waals surface area contributed by atoms with Crippen LogP contribution < -0.4 is 17.0 Å². The van der Waals surface area contributed by atoms with Crippen LogP contribution in [0, 0.1) is 12.3 Å². The number of aromatic nitrogens is 2. The molecule has 1 aromatic heterocycles. The van der Waals surface area contributed by atoms with E-state index < -0.39 is 0 Å². The maximum Gasteiger partial charge on any atom is 0.254 e. The Labute approximate surface area is 105 Å². The van der Waals surface area contributed by atoms with Gasteiger partial charge in [0, 0.05) is 6.92 Å². The van der Waals surface area contributed by atoms with E-state index in [0.717, 1.165) is 0 Å². The van der Waals surface area contributed by atoms with E-state index in [4.69, 9.17) is 4.74 Å². The first kappa shape index (κ1) is 15.5. The topological polar surface area (TPSA) is 18.0 Å². The highest BCUT2D eigenvalue weighted by atomic mass is 35.5. The Morgan fingerprint density at radius 3 is 2.38 bits per heavy atom. The van der Waals surface area contributed by atoms with Gasteiger partial charge in [0.1, 0.15) is 12.4 Å². The molecule has 0 N–H and O–H groups in total. The van der Waals surface area contributed by atoms with Crippen molar-refractivity contribution in [3.05, 3.63) is 18.2 Å². The van der Waals surface area contributed by atoms with Gasteiger partial charge in [-0.05, 0) is 12.3 Å². The summed E-state index contributed by atoms with van der Waals surface area (Å²) in [6.45, 7) is 11.4. The van der Waals surface area contributed by atoms with Gasteiger partial charge in [-0.1, -0.05) is 20.8 Å². The molecule has 1 rings (SSSR count). The Morgan fingerprint density at radius 1 is 1.44 bits per heavy atom. The first-order valence-electron chi connectivity index (χ1n) is 5.45. The molecule has 0 fully saturated rings. The van der Waals surface area contributed by atoms with E-state index >= 15 is 0 Å². The zero-order valence-electron chi connectivity index (χ0n) is 11.1. The molecule has 16 heavy (non-hydrogen) atoms. The number of imidazole rings is 1.